The molecule has 20 heavy (non-hydrogen) atoms. The molecule has 2 aliphatic heterocycles. The van der Waals surface area contributed by atoms with Gasteiger partial charge in [0.2, 0.25) is 11.8 Å². The third-order valence-corrected chi connectivity index (χ3v) is 2.99. The molecule has 2 fully saturated rings. The highest BCUT2D eigenvalue weighted by Crippen LogP contribution is 2.10. The first-order valence-corrected chi connectivity index (χ1v) is 6.02. The Morgan fingerprint density at radius 3 is 1.95 bits per heavy atom. The molecule has 2 amide bonds. The van der Waals surface area contributed by atoms with Crippen LogP contribution in [0.15, 0.2) is 0 Å². The van der Waals surface area contributed by atoms with Gasteiger partial charge in [-0.3, -0.25) is 14.4 Å². The maximum Gasteiger partial charge on any atom is 0.423 e. The molecule has 0 saturated carbocycles. The fraction of sp³-hybridized carbons (Fsp3) is 0.545. The first-order valence-electron chi connectivity index (χ1n) is 6.02. The fourth-order valence-corrected chi connectivity index (χ4v) is 1.92. The van der Waals surface area contributed by atoms with Crippen LogP contribution < -0.4 is 10.6 Å². The summed E-state index contributed by atoms with van der Waals surface area (Å²) >= 11 is 0. The number of rotatable bonds is 3. The minimum Gasteiger partial charge on any atom is -0.346 e. The summed E-state index contributed by atoms with van der Waals surface area (Å²) in [6.07, 6.45) is 0.763. The van der Waals surface area contributed by atoms with Gasteiger partial charge in [0.05, 0.1) is 6.04 Å². The number of amides is 2. The zero-order chi connectivity index (χ0) is 14.7. The number of carbonyl (C=O) groups excluding carboxylic acids is 5. The predicted octanol–water partition coefficient (Wildman–Crippen LogP) is -1.89. The molecule has 0 aromatic heterocycles. The molecular weight excluding hydrogens is 272 g/mol. The quantitative estimate of drug-likeness (QED) is 0.352. The predicted molar refractivity (Wildman–Crippen MR) is 59.5 cm³/mol. The van der Waals surface area contributed by atoms with E-state index in [1.54, 1.807) is 0 Å². The molecule has 2 atom stereocenters. The topological polar surface area (TPSA) is 128 Å². The highest BCUT2D eigenvalue weighted by atomic mass is 17.2. The van der Waals surface area contributed by atoms with Crippen LogP contribution in [0.1, 0.15) is 25.7 Å². The molecule has 2 unspecified atom stereocenters. The fourth-order valence-electron chi connectivity index (χ4n) is 1.92. The molecule has 0 aromatic carbocycles. The van der Waals surface area contributed by atoms with Crippen molar-refractivity contribution >= 4 is 29.5 Å². The van der Waals surface area contributed by atoms with Crippen LogP contribution in [0.3, 0.4) is 0 Å². The molecule has 0 bridgehead atoms. The standard InChI is InChI=1S/C11H12N2O7/c14-7-3-1-5(12-7)9(16)11(18)20-19-10(17)6-2-4-8(15)13-6/h5-6H,1-4H2,(H,12,14)(H,13,15). The van der Waals surface area contributed by atoms with E-state index in [4.69, 9.17) is 0 Å². The van der Waals surface area contributed by atoms with Gasteiger partial charge in [-0.1, -0.05) is 0 Å². The summed E-state index contributed by atoms with van der Waals surface area (Å²) in [5.41, 5.74) is 0. The Labute approximate surface area is 112 Å². The second kappa shape index (κ2) is 5.68. The molecule has 2 rings (SSSR count). The van der Waals surface area contributed by atoms with Crippen molar-refractivity contribution in [1.29, 1.82) is 0 Å². The van der Waals surface area contributed by atoms with Crippen molar-refractivity contribution < 1.29 is 33.7 Å². The van der Waals surface area contributed by atoms with Crippen molar-refractivity contribution in [3.8, 4) is 0 Å². The Hall–Kier alpha value is -2.45. The van der Waals surface area contributed by atoms with Gasteiger partial charge in [-0.2, -0.15) is 0 Å². The first kappa shape index (κ1) is 14.0. The summed E-state index contributed by atoms with van der Waals surface area (Å²) in [6.45, 7) is 0. The van der Waals surface area contributed by atoms with Gasteiger partial charge in [0.1, 0.15) is 6.04 Å². The lowest BCUT2D eigenvalue weighted by atomic mass is 10.1. The van der Waals surface area contributed by atoms with E-state index in [0.717, 1.165) is 0 Å². The molecule has 0 spiro atoms. The number of ketones is 1. The van der Waals surface area contributed by atoms with Crippen molar-refractivity contribution in [2.45, 2.75) is 37.8 Å². The lowest BCUT2D eigenvalue weighted by molar-refractivity contribution is -0.258. The number of hydrogen-bond donors (Lipinski definition) is 2. The second-order valence-electron chi connectivity index (χ2n) is 4.45. The van der Waals surface area contributed by atoms with Gasteiger partial charge in [-0.25, -0.2) is 19.4 Å². The summed E-state index contributed by atoms with van der Waals surface area (Å²) in [5, 5.41) is 4.62. The van der Waals surface area contributed by atoms with Gasteiger partial charge < -0.3 is 10.6 Å². The summed E-state index contributed by atoms with van der Waals surface area (Å²) in [7, 11) is 0. The van der Waals surface area contributed by atoms with E-state index in [1.165, 1.54) is 0 Å². The third-order valence-electron chi connectivity index (χ3n) is 2.99. The maximum absolute atomic E-state index is 11.5. The van der Waals surface area contributed by atoms with Crippen LogP contribution in [-0.2, 0) is 33.7 Å². The Morgan fingerprint density at radius 1 is 0.900 bits per heavy atom. The molecule has 108 valence electrons. The second-order valence-corrected chi connectivity index (χ2v) is 4.45. The number of Topliss-reactive ketones (excluding diaryl/α,β-unsaturated/α-hetero) is 1. The van der Waals surface area contributed by atoms with E-state index in [-0.39, 0.29) is 37.5 Å². The zero-order valence-corrected chi connectivity index (χ0v) is 10.3. The Bertz CT molecular complexity index is 487. The lowest BCUT2D eigenvalue weighted by Gasteiger charge is -2.09. The van der Waals surface area contributed by atoms with E-state index in [0.29, 0.717) is 0 Å². The Balaban J connectivity index is 1.77. The number of carbonyl (C=O) groups is 5. The van der Waals surface area contributed by atoms with Crippen molar-refractivity contribution in [2.75, 3.05) is 0 Å². The molecule has 2 N–H and O–H groups in total. The van der Waals surface area contributed by atoms with Crippen molar-refractivity contribution in [1.82, 2.24) is 10.6 Å². The molecule has 2 saturated heterocycles. The summed E-state index contributed by atoms with van der Waals surface area (Å²) in [6, 6.07) is -1.82. The van der Waals surface area contributed by atoms with Gasteiger partial charge in [0, 0.05) is 12.8 Å². The number of nitrogens with one attached hydrogen (secondary N) is 2. The first-order chi connectivity index (χ1) is 9.47. The van der Waals surface area contributed by atoms with Gasteiger partial charge in [0.15, 0.2) is 0 Å². The molecule has 2 heterocycles. The smallest absolute Gasteiger partial charge is 0.346 e. The minimum atomic E-state index is -1.37. The van der Waals surface area contributed by atoms with Crippen LogP contribution in [0.4, 0.5) is 0 Å². The molecule has 9 heteroatoms. The van der Waals surface area contributed by atoms with Crippen LogP contribution in [0, 0.1) is 0 Å². The average Bonchev–Trinajstić information content (AvgIpc) is 3.03. The van der Waals surface area contributed by atoms with Crippen LogP contribution >= 0.6 is 0 Å². The molecule has 0 radical (unpaired) electrons. The van der Waals surface area contributed by atoms with Gasteiger partial charge in [-0.05, 0) is 12.8 Å². The van der Waals surface area contributed by atoms with E-state index in [2.05, 4.69) is 20.4 Å². The zero-order valence-electron chi connectivity index (χ0n) is 10.3. The largest absolute Gasteiger partial charge is 0.423 e. The van der Waals surface area contributed by atoms with E-state index in [1.807, 2.05) is 0 Å². The van der Waals surface area contributed by atoms with Crippen molar-refractivity contribution in [3.63, 3.8) is 0 Å². The Kier molecular flexibility index (Phi) is 3.97. The highest BCUT2D eigenvalue weighted by molar-refractivity contribution is 6.36. The van der Waals surface area contributed by atoms with Crippen LogP contribution in [0.25, 0.3) is 0 Å². The number of hydrogen-bond acceptors (Lipinski definition) is 7. The van der Waals surface area contributed by atoms with Crippen LogP contribution in [-0.4, -0.2) is 41.6 Å². The van der Waals surface area contributed by atoms with Gasteiger partial charge >= 0.3 is 11.9 Å². The highest BCUT2D eigenvalue weighted by Gasteiger charge is 2.35. The van der Waals surface area contributed by atoms with Crippen molar-refractivity contribution in [2.24, 2.45) is 0 Å². The van der Waals surface area contributed by atoms with E-state index < -0.39 is 29.8 Å². The van der Waals surface area contributed by atoms with E-state index in [9.17, 15) is 24.0 Å². The molecular formula is C11H12N2O7. The summed E-state index contributed by atoms with van der Waals surface area (Å²) in [4.78, 5) is 64.4. The SMILES string of the molecule is O=C1CCC(C(=O)OOC(=O)C(=O)C2CCC(=O)N2)N1. The lowest BCUT2D eigenvalue weighted by Crippen LogP contribution is -2.40. The third kappa shape index (κ3) is 3.11. The minimum absolute atomic E-state index is 0.150. The maximum atomic E-state index is 11.5. The molecule has 9 nitrogen and oxygen atoms in total. The molecule has 2 aliphatic rings. The van der Waals surface area contributed by atoms with Crippen molar-refractivity contribution in [3.05, 3.63) is 0 Å². The molecule has 0 aromatic rings. The van der Waals surface area contributed by atoms with Gasteiger partial charge in [-0.15, -0.1) is 0 Å². The normalized spacial score (nSPS) is 24.8. The summed E-state index contributed by atoms with van der Waals surface area (Å²) < 4.78 is 0. The van der Waals surface area contributed by atoms with Gasteiger partial charge in [0.25, 0.3) is 5.78 Å². The Morgan fingerprint density at radius 2 is 1.45 bits per heavy atom. The van der Waals surface area contributed by atoms with Crippen LogP contribution in [0.5, 0.6) is 0 Å². The van der Waals surface area contributed by atoms with E-state index >= 15 is 0 Å². The summed E-state index contributed by atoms with van der Waals surface area (Å²) in [5.74, 6) is -3.94. The van der Waals surface area contributed by atoms with Crippen LogP contribution in [0.2, 0.25) is 0 Å². The molecule has 0 aliphatic carbocycles. The average molecular weight is 284 g/mol. The monoisotopic (exact) mass is 284 g/mol.